The van der Waals surface area contributed by atoms with E-state index in [9.17, 15) is 4.79 Å². The van der Waals surface area contributed by atoms with Crippen molar-refractivity contribution in [3.63, 3.8) is 0 Å². The fraction of sp³-hybridized carbons (Fsp3) is 0.750. The summed E-state index contributed by atoms with van der Waals surface area (Å²) in [5, 5.41) is 0. The van der Waals surface area contributed by atoms with Crippen molar-refractivity contribution in [2.45, 2.75) is 39.4 Å². The van der Waals surface area contributed by atoms with Crippen LogP contribution in [-0.4, -0.2) is 25.3 Å². The Kier molecular flexibility index (Phi) is 2.94. The zero-order chi connectivity index (χ0) is 10.9. The Hall–Kier alpha value is -0.670. The Labute approximate surface area is 90.4 Å². The van der Waals surface area contributed by atoms with Crippen molar-refractivity contribution >= 4 is 5.78 Å². The summed E-state index contributed by atoms with van der Waals surface area (Å²) in [7, 11) is 0. The summed E-state index contributed by atoms with van der Waals surface area (Å²) in [6.07, 6.45) is 4.21. The summed E-state index contributed by atoms with van der Waals surface area (Å²) in [5.74, 6) is 0.290. The summed E-state index contributed by atoms with van der Waals surface area (Å²) in [4.78, 5) is 11.6. The minimum Gasteiger partial charge on any atom is -0.350 e. The van der Waals surface area contributed by atoms with Gasteiger partial charge in [-0.1, -0.05) is 19.9 Å². The molecule has 84 valence electrons. The van der Waals surface area contributed by atoms with Crippen LogP contribution >= 0.6 is 0 Å². The number of allylic oxidation sites excluding steroid dienone is 1. The topological polar surface area (TPSA) is 35.5 Å². The van der Waals surface area contributed by atoms with E-state index in [1.54, 1.807) is 0 Å². The normalized spacial score (nSPS) is 29.2. The van der Waals surface area contributed by atoms with Crippen LogP contribution < -0.4 is 0 Å². The van der Waals surface area contributed by atoms with Crippen molar-refractivity contribution in [3.8, 4) is 0 Å². The van der Waals surface area contributed by atoms with Crippen molar-refractivity contribution < 1.29 is 14.3 Å². The lowest BCUT2D eigenvalue weighted by molar-refractivity contribution is -0.114. The van der Waals surface area contributed by atoms with Crippen LogP contribution in [0.25, 0.3) is 0 Å². The van der Waals surface area contributed by atoms with Crippen LogP contribution in [0.5, 0.6) is 0 Å². The Balaban J connectivity index is 2.01. The van der Waals surface area contributed by atoms with Gasteiger partial charge in [-0.05, 0) is 17.4 Å². The minimum atomic E-state index is -0.137. The lowest BCUT2D eigenvalue weighted by atomic mass is 9.86. The number of ketones is 1. The highest BCUT2D eigenvalue weighted by Crippen LogP contribution is 2.40. The molecule has 0 spiro atoms. The minimum absolute atomic E-state index is 0.0374. The molecule has 0 amide bonds. The first kappa shape index (κ1) is 10.8. The molecule has 1 saturated heterocycles. The molecule has 0 radical (unpaired) electrons. The fourth-order valence-electron chi connectivity index (χ4n) is 2.22. The van der Waals surface area contributed by atoms with Gasteiger partial charge in [-0.2, -0.15) is 0 Å². The van der Waals surface area contributed by atoms with Crippen LogP contribution in [0, 0.1) is 5.41 Å². The van der Waals surface area contributed by atoms with Gasteiger partial charge in [0, 0.05) is 12.8 Å². The van der Waals surface area contributed by atoms with Crippen molar-refractivity contribution in [2.24, 2.45) is 5.41 Å². The molecule has 0 aromatic carbocycles. The first-order valence-corrected chi connectivity index (χ1v) is 5.57. The monoisotopic (exact) mass is 210 g/mol. The standard InChI is InChI=1S/C12H18O3/c1-12(2)6-5-10(13)9(12)3-4-11-14-7-8-15-11/h3,11H,4-8H2,1-2H3/b9-3+. The zero-order valence-corrected chi connectivity index (χ0v) is 9.41. The molecule has 3 heteroatoms. The highest BCUT2D eigenvalue weighted by atomic mass is 16.7. The second-order valence-corrected chi connectivity index (χ2v) is 4.83. The van der Waals surface area contributed by atoms with Gasteiger partial charge in [0.1, 0.15) is 0 Å². The van der Waals surface area contributed by atoms with E-state index in [0.29, 0.717) is 26.1 Å². The number of carbonyl (C=O) groups is 1. The highest BCUT2D eigenvalue weighted by Gasteiger charge is 2.35. The predicted octanol–water partition coefficient (Wildman–Crippen LogP) is 2.06. The van der Waals surface area contributed by atoms with Crippen molar-refractivity contribution in [1.82, 2.24) is 0 Å². The Bertz CT molecular complexity index is 285. The van der Waals surface area contributed by atoms with Crippen LogP contribution in [0.15, 0.2) is 11.6 Å². The SMILES string of the molecule is CC1(C)CCC(=O)/C1=C\CC1OCCO1. The van der Waals surface area contributed by atoms with Crippen molar-refractivity contribution in [3.05, 3.63) is 11.6 Å². The van der Waals surface area contributed by atoms with Gasteiger partial charge in [-0.25, -0.2) is 0 Å². The van der Waals surface area contributed by atoms with Crippen LogP contribution in [0.2, 0.25) is 0 Å². The number of hydrogen-bond donors (Lipinski definition) is 0. The van der Waals surface area contributed by atoms with Gasteiger partial charge in [0.2, 0.25) is 0 Å². The summed E-state index contributed by atoms with van der Waals surface area (Å²) in [6.45, 7) is 5.59. The number of ether oxygens (including phenoxy) is 2. The Morgan fingerprint density at radius 3 is 2.60 bits per heavy atom. The molecule has 0 unspecified atom stereocenters. The van der Waals surface area contributed by atoms with Gasteiger partial charge in [-0.15, -0.1) is 0 Å². The third kappa shape index (κ3) is 2.29. The van der Waals surface area contributed by atoms with Gasteiger partial charge >= 0.3 is 0 Å². The smallest absolute Gasteiger partial charge is 0.161 e. The van der Waals surface area contributed by atoms with E-state index < -0.39 is 0 Å². The van der Waals surface area contributed by atoms with Crippen LogP contribution in [0.1, 0.15) is 33.1 Å². The molecule has 1 aliphatic carbocycles. The van der Waals surface area contributed by atoms with Gasteiger partial charge in [0.15, 0.2) is 12.1 Å². The fourth-order valence-corrected chi connectivity index (χ4v) is 2.22. The Morgan fingerprint density at radius 2 is 2.07 bits per heavy atom. The number of hydrogen-bond acceptors (Lipinski definition) is 3. The first-order chi connectivity index (χ1) is 7.09. The van der Waals surface area contributed by atoms with Crippen LogP contribution in [-0.2, 0) is 14.3 Å². The molecule has 3 nitrogen and oxygen atoms in total. The molecular weight excluding hydrogens is 192 g/mol. The molecular formula is C12H18O3. The van der Waals surface area contributed by atoms with Crippen molar-refractivity contribution in [2.75, 3.05) is 13.2 Å². The molecule has 0 atom stereocenters. The second kappa shape index (κ2) is 4.06. The van der Waals surface area contributed by atoms with E-state index in [4.69, 9.17) is 9.47 Å². The summed E-state index contributed by atoms with van der Waals surface area (Å²) in [6, 6.07) is 0. The molecule has 2 aliphatic rings. The van der Waals surface area contributed by atoms with Crippen LogP contribution in [0.4, 0.5) is 0 Å². The molecule has 0 bridgehead atoms. The van der Waals surface area contributed by atoms with Gasteiger partial charge in [0.25, 0.3) is 0 Å². The maximum absolute atomic E-state index is 11.6. The van der Waals surface area contributed by atoms with Crippen LogP contribution in [0.3, 0.4) is 0 Å². The van der Waals surface area contributed by atoms with E-state index in [1.165, 1.54) is 0 Å². The summed E-state index contributed by atoms with van der Waals surface area (Å²) < 4.78 is 10.7. The molecule has 2 fully saturated rings. The summed E-state index contributed by atoms with van der Waals surface area (Å²) >= 11 is 0. The maximum atomic E-state index is 11.6. The number of carbonyl (C=O) groups excluding carboxylic acids is 1. The first-order valence-electron chi connectivity index (χ1n) is 5.57. The molecule has 1 aliphatic heterocycles. The van der Waals surface area contributed by atoms with Gasteiger partial charge in [0.05, 0.1) is 13.2 Å². The average molecular weight is 210 g/mol. The Morgan fingerprint density at radius 1 is 1.40 bits per heavy atom. The average Bonchev–Trinajstić information content (AvgIpc) is 2.74. The van der Waals surface area contributed by atoms with Gasteiger partial charge in [-0.3, -0.25) is 4.79 Å². The van der Waals surface area contributed by atoms with Gasteiger partial charge < -0.3 is 9.47 Å². The van der Waals surface area contributed by atoms with E-state index in [2.05, 4.69) is 13.8 Å². The van der Waals surface area contributed by atoms with Crippen molar-refractivity contribution in [1.29, 1.82) is 0 Å². The molecule has 15 heavy (non-hydrogen) atoms. The van der Waals surface area contributed by atoms with E-state index in [-0.39, 0.29) is 17.5 Å². The molecule has 1 saturated carbocycles. The maximum Gasteiger partial charge on any atom is 0.161 e. The zero-order valence-electron chi connectivity index (χ0n) is 9.41. The molecule has 0 aromatic rings. The third-order valence-electron chi connectivity index (χ3n) is 3.21. The third-order valence-corrected chi connectivity index (χ3v) is 3.21. The highest BCUT2D eigenvalue weighted by molar-refractivity contribution is 5.98. The van der Waals surface area contributed by atoms with E-state index in [0.717, 1.165) is 12.0 Å². The quantitative estimate of drug-likeness (QED) is 0.654. The largest absolute Gasteiger partial charge is 0.350 e. The lowest BCUT2D eigenvalue weighted by Gasteiger charge is -2.18. The second-order valence-electron chi connectivity index (χ2n) is 4.83. The molecule has 2 rings (SSSR count). The lowest BCUT2D eigenvalue weighted by Crippen LogP contribution is -2.13. The number of Topliss-reactive ketones (excluding diaryl/α,β-unsaturated/α-hetero) is 1. The molecule has 0 N–H and O–H groups in total. The predicted molar refractivity (Wildman–Crippen MR) is 56.4 cm³/mol. The molecule has 1 heterocycles. The van der Waals surface area contributed by atoms with E-state index >= 15 is 0 Å². The van der Waals surface area contributed by atoms with E-state index in [1.807, 2.05) is 6.08 Å². The number of rotatable bonds is 2. The summed E-state index contributed by atoms with van der Waals surface area (Å²) in [5.41, 5.74) is 0.997. The molecule has 0 aromatic heterocycles.